The highest BCUT2D eigenvalue weighted by Crippen LogP contribution is 2.36. The number of oxime groups is 1. The van der Waals surface area contributed by atoms with Crippen molar-refractivity contribution in [3.8, 4) is 5.75 Å². The highest BCUT2D eigenvalue weighted by Gasteiger charge is 2.26. The smallest absolute Gasteiger partial charge is 0.333 e. The number of carbonyl (C=O) groups is 2. The van der Waals surface area contributed by atoms with Crippen molar-refractivity contribution in [3.05, 3.63) is 77.9 Å². The standard InChI is InChI=1S/C28H30N2O6S/c1-2-35-25(28(32)33)17-19-7-10-22(11-8-19)36-14-13-30-24-16-20(9-12-26(24)37-18-27(30)31)15-21-5-3-4-6-23(21)29-34/h3-12,16,21,25,34H,2,13-15,17-18H2,1H3,(H,32,33). The van der Waals surface area contributed by atoms with Crippen molar-refractivity contribution in [1.29, 1.82) is 0 Å². The summed E-state index contributed by atoms with van der Waals surface area (Å²) in [5, 5.41) is 22.0. The molecule has 2 aromatic rings. The lowest BCUT2D eigenvalue weighted by Crippen LogP contribution is -2.38. The van der Waals surface area contributed by atoms with Crippen molar-refractivity contribution in [3.63, 3.8) is 0 Å². The van der Waals surface area contributed by atoms with E-state index in [1.54, 1.807) is 30.0 Å². The number of nitrogens with zero attached hydrogens (tertiary/aromatic N) is 2. The average Bonchev–Trinajstić information content (AvgIpc) is 2.91. The van der Waals surface area contributed by atoms with Crippen LogP contribution >= 0.6 is 11.8 Å². The minimum absolute atomic E-state index is 0.0286. The number of carboxylic acid groups (broad SMARTS) is 1. The monoisotopic (exact) mass is 522 g/mol. The highest BCUT2D eigenvalue weighted by molar-refractivity contribution is 8.00. The van der Waals surface area contributed by atoms with Crippen LogP contribution in [-0.4, -0.2) is 59.5 Å². The fraction of sp³-hybridized carbons (Fsp3) is 0.321. The van der Waals surface area contributed by atoms with E-state index in [9.17, 15) is 19.9 Å². The number of thioether (sulfide) groups is 1. The van der Waals surface area contributed by atoms with Crippen LogP contribution in [0.25, 0.3) is 0 Å². The Morgan fingerprint density at radius 3 is 2.70 bits per heavy atom. The maximum absolute atomic E-state index is 12.8. The van der Waals surface area contributed by atoms with Gasteiger partial charge in [0, 0.05) is 23.8 Å². The molecule has 2 aromatic carbocycles. The summed E-state index contributed by atoms with van der Waals surface area (Å²) in [4.78, 5) is 26.9. The van der Waals surface area contributed by atoms with Gasteiger partial charge in [0.1, 0.15) is 12.4 Å². The van der Waals surface area contributed by atoms with Crippen LogP contribution in [0.3, 0.4) is 0 Å². The summed E-state index contributed by atoms with van der Waals surface area (Å²) in [5.74, 6) is 0.0431. The van der Waals surface area contributed by atoms with Crippen LogP contribution in [-0.2, 0) is 27.2 Å². The second-order valence-corrected chi connectivity index (χ2v) is 9.71. The van der Waals surface area contributed by atoms with Crippen LogP contribution in [0.2, 0.25) is 0 Å². The minimum atomic E-state index is -0.982. The molecule has 1 heterocycles. The van der Waals surface area contributed by atoms with Crippen LogP contribution in [0.15, 0.2) is 76.8 Å². The van der Waals surface area contributed by atoms with Crippen LogP contribution in [0.4, 0.5) is 5.69 Å². The molecule has 9 heteroatoms. The largest absolute Gasteiger partial charge is 0.492 e. The minimum Gasteiger partial charge on any atom is -0.492 e. The summed E-state index contributed by atoms with van der Waals surface area (Å²) in [6, 6.07) is 13.4. The van der Waals surface area contributed by atoms with E-state index in [1.807, 2.05) is 42.5 Å². The number of fused-ring (bicyclic) bond motifs is 1. The maximum atomic E-state index is 12.8. The van der Waals surface area contributed by atoms with E-state index in [1.165, 1.54) is 11.8 Å². The van der Waals surface area contributed by atoms with Crippen LogP contribution in [0.5, 0.6) is 5.75 Å². The molecule has 2 unspecified atom stereocenters. The van der Waals surface area contributed by atoms with Crippen LogP contribution in [0.1, 0.15) is 18.1 Å². The van der Waals surface area contributed by atoms with Crippen molar-refractivity contribution in [1.82, 2.24) is 0 Å². The van der Waals surface area contributed by atoms with E-state index in [-0.39, 0.29) is 18.2 Å². The molecule has 2 aliphatic rings. The van der Waals surface area contributed by atoms with Gasteiger partial charge in [-0.15, -0.1) is 11.8 Å². The lowest BCUT2D eigenvalue weighted by atomic mass is 9.91. The van der Waals surface area contributed by atoms with Crippen molar-refractivity contribution < 1.29 is 29.4 Å². The van der Waals surface area contributed by atoms with E-state index in [4.69, 9.17) is 9.47 Å². The summed E-state index contributed by atoms with van der Waals surface area (Å²) in [6.45, 7) is 2.82. The Kier molecular flexibility index (Phi) is 9.03. The van der Waals surface area contributed by atoms with E-state index in [2.05, 4.69) is 11.2 Å². The molecule has 4 rings (SSSR count). The van der Waals surface area contributed by atoms with E-state index in [0.29, 0.717) is 43.4 Å². The average molecular weight is 523 g/mol. The third-order valence-electron chi connectivity index (χ3n) is 6.21. The van der Waals surface area contributed by atoms with Gasteiger partial charge in [-0.05, 0) is 54.8 Å². The number of hydrogen-bond donors (Lipinski definition) is 2. The fourth-order valence-corrected chi connectivity index (χ4v) is 5.25. The summed E-state index contributed by atoms with van der Waals surface area (Å²) in [5.41, 5.74) is 3.37. The Morgan fingerprint density at radius 2 is 1.97 bits per heavy atom. The molecule has 0 bridgehead atoms. The number of amides is 1. The third-order valence-corrected chi connectivity index (χ3v) is 7.26. The number of anilines is 1. The number of ether oxygens (including phenoxy) is 2. The molecule has 0 saturated carbocycles. The zero-order valence-electron chi connectivity index (χ0n) is 20.6. The number of benzene rings is 2. The SMILES string of the molecule is CCOC(Cc1ccc(OCCN2C(=O)CSc3ccc(CC4C=CC=CC4=NO)cc32)cc1)C(=O)O. The number of carboxylic acids is 1. The Bertz CT molecular complexity index is 1210. The van der Waals surface area contributed by atoms with Gasteiger partial charge in [-0.1, -0.05) is 41.6 Å². The Morgan fingerprint density at radius 1 is 1.19 bits per heavy atom. The highest BCUT2D eigenvalue weighted by atomic mass is 32.2. The Balaban J connectivity index is 1.38. The number of aliphatic carboxylic acids is 1. The lowest BCUT2D eigenvalue weighted by molar-refractivity contribution is -0.149. The lowest BCUT2D eigenvalue weighted by Gasteiger charge is -2.29. The Labute approximate surface area is 220 Å². The van der Waals surface area contributed by atoms with Crippen molar-refractivity contribution in [2.24, 2.45) is 11.1 Å². The van der Waals surface area contributed by atoms with Crippen molar-refractivity contribution in [2.45, 2.75) is 30.8 Å². The number of allylic oxidation sites excluding steroid dienone is 4. The first-order valence-corrected chi connectivity index (χ1v) is 13.2. The maximum Gasteiger partial charge on any atom is 0.333 e. The first kappa shape index (κ1) is 26.5. The molecule has 2 atom stereocenters. The summed E-state index contributed by atoms with van der Waals surface area (Å²) < 4.78 is 11.2. The summed E-state index contributed by atoms with van der Waals surface area (Å²) in [6.07, 6.45) is 7.65. The van der Waals surface area contributed by atoms with Crippen molar-refractivity contribution in [2.75, 3.05) is 30.4 Å². The number of carbonyl (C=O) groups excluding carboxylic acids is 1. The predicted molar refractivity (Wildman–Crippen MR) is 143 cm³/mol. The Hall–Kier alpha value is -3.56. The van der Waals surface area contributed by atoms with Crippen LogP contribution in [0, 0.1) is 5.92 Å². The molecule has 1 aliphatic heterocycles. The predicted octanol–water partition coefficient (Wildman–Crippen LogP) is 4.35. The van der Waals surface area contributed by atoms with Gasteiger partial charge in [-0.25, -0.2) is 4.79 Å². The molecule has 1 amide bonds. The number of hydrogen-bond acceptors (Lipinski definition) is 7. The van der Waals surface area contributed by atoms with Gasteiger partial charge in [0.2, 0.25) is 5.91 Å². The molecule has 2 N–H and O–H groups in total. The molecule has 0 spiro atoms. The van der Waals surface area contributed by atoms with E-state index in [0.717, 1.165) is 21.7 Å². The second-order valence-electron chi connectivity index (χ2n) is 8.69. The zero-order valence-corrected chi connectivity index (χ0v) is 21.4. The molecule has 0 aromatic heterocycles. The van der Waals surface area contributed by atoms with Gasteiger partial charge in [-0.2, -0.15) is 0 Å². The van der Waals surface area contributed by atoms with Crippen LogP contribution < -0.4 is 9.64 Å². The second kappa shape index (κ2) is 12.6. The zero-order chi connectivity index (χ0) is 26.2. The van der Waals surface area contributed by atoms with E-state index < -0.39 is 12.1 Å². The van der Waals surface area contributed by atoms with E-state index >= 15 is 0 Å². The molecule has 0 radical (unpaired) electrons. The van der Waals surface area contributed by atoms with Gasteiger partial charge in [0.15, 0.2) is 6.10 Å². The molecule has 1 aliphatic carbocycles. The first-order chi connectivity index (χ1) is 18.0. The van der Waals surface area contributed by atoms with Crippen molar-refractivity contribution >= 4 is 35.0 Å². The molecular weight excluding hydrogens is 492 g/mol. The summed E-state index contributed by atoms with van der Waals surface area (Å²) in [7, 11) is 0. The normalized spacial score (nSPS) is 18.6. The molecular formula is C28H30N2O6S. The third kappa shape index (κ3) is 6.81. The van der Waals surface area contributed by atoms with Gasteiger partial charge in [0.05, 0.1) is 23.7 Å². The molecule has 194 valence electrons. The number of rotatable bonds is 11. The topological polar surface area (TPSA) is 109 Å². The van der Waals surface area contributed by atoms with Gasteiger partial charge >= 0.3 is 5.97 Å². The summed E-state index contributed by atoms with van der Waals surface area (Å²) >= 11 is 1.53. The first-order valence-electron chi connectivity index (χ1n) is 12.2. The molecule has 0 saturated heterocycles. The van der Waals surface area contributed by atoms with Gasteiger partial charge < -0.3 is 24.7 Å². The van der Waals surface area contributed by atoms with Gasteiger partial charge in [0.25, 0.3) is 0 Å². The fourth-order valence-electron chi connectivity index (χ4n) is 4.34. The molecule has 8 nitrogen and oxygen atoms in total. The molecule has 0 fully saturated rings. The molecule has 37 heavy (non-hydrogen) atoms. The van der Waals surface area contributed by atoms with Gasteiger partial charge in [-0.3, -0.25) is 4.79 Å². The quantitative estimate of drug-likeness (QED) is 0.334.